The lowest BCUT2D eigenvalue weighted by Gasteiger charge is -2.39. The van der Waals surface area contributed by atoms with E-state index in [1.807, 2.05) is 11.4 Å². The molecule has 1 N–H and O–H groups in total. The average molecular weight is 265 g/mol. The van der Waals surface area contributed by atoms with Gasteiger partial charge in [0.2, 0.25) is 0 Å². The van der Waals surface area contributed by atoms with Crippen LogP contribution >= 0.6 is 11.3 Å². The summed E-state index contributed by atoms with van der Waals surface area (Å²) < 4.78 is 5.56. The van der Waals surface area contributed by atoms with E-state index in [4.69, 9.17) is 4.74 Å². The highest BCUT2D eigenvalue weighted by molar-refractivity contribution is 7.10. The van der Waals surface area contributed by atoms with Gasteiger partial charge in [0.15, 0.2) is 0 Å². The van der Waals surface area contributed by atoms with Gasteiger partial charge in [0.05, 0.1) is 11.7 Å². The first-order valence-corrected chi connectivity index (χ1v) is 7.65. The molecular weight excluding hydrogens is 246 g/mol. The molecule has 1 aromatic heterocycles. The van der Waals surface area contributed by atoms with Gasteiger partial charge in [-0.25, -0.2) is 0 Å². The second-order valence-electron chi connectivity index (χ2n) is 5.23. The molecule has 1 saturated carbocycles. The smallest absolute Gasteiger partial charge is 0.252 e. The Morgan fingerprint density at radius 3 is 3.28 bits per heavy atom. The van der Waals surface area contributed by atoms with Crippen LogP contribution in [-0.2, 0) is 11.2 Å². The van der Waals surface area contributed by atoms with Crippen LogP contribution in [0.1, 0.15) is 41.4 Å². The number of rotatable bonds is 4. The Labute approximate surface area is 112 Å². The molecule has 0 bridgehead atoms. The number of nitrogens with one attached hydrogen (secondary N) is 1. The predicted molar refractivity (Wildman–Crippen MR) is 72.0 cm³/mol. The molecule has 2 fully saturated rings. The van der Waals surface area contributed by atoms with Crippen LogP contribution in [0.2, 0.25) is 0 Å². The van der Waals surface area contributed by atoms with Crippen molar-refractivity contribution in [3.63, 3.8) is 0 Å². The zero-order chi connectivity index (χ0) is 12.5. The summed E-state index contributed by atoms with van der Waals surface area (Å²) in [6.07, 6.45) is 4.70. The number of carbonyl (C=O) groups is 1. The van der Waals surface area contributed by atoms with Crippen LogP contribution in [0.5, 0.6) is 0 Å². The topological polar surface area (TPSA) is 38.3 Å². The van der Waals surface area contributed by atoms with Gasteiger partial charge in [-0.1, -0.05) is 13.3 Å². The summed E-state index contributed by atoms with van der Waals surface area (Å²) in [6.45, 7) is 3.02. The fourth-order valence-corrected chi connectivity index (χ4v) is 3.86. The fraction of sp³-hybridized carbons (Fsp3) is 0.643. The number of carbonyl (C=O) groups excluding carboxylic acids is 1. The molecule has 1 aromatic rings. The van der Waals surface area contributed by atoms with Crippen LogP contribution < -0.4 is 5.32 Å². The van der Waals surface area contributed by atoms with Crippen molar-refractivity contribution in [3.05, 3.63) is 21.9 Å². The zero-order valence-corrected chi connectivity index (χ0v) is 11.5. The quantitative estimate of drug-likeness (QED) is 0.908. The van der Waals surface area contributed by atoms with Crippen molar-refractivity contribution in [1.29, 1.82) is 0 Å². The minimum atomic E-state index is 0.0870. The summed E-state index contributed by atoms with van der Waals surface area (Å²) >= 11 is 1.69. The summed E-state index contributed by atoms with van der Waals surface area (Å²) in [4.78, 5) is 13.4. The minimum absolute atomic E-state index is 0.0870. The number of hydrogen-bond donors (Lipinski definition) is 1. The van der Waals surface area contributed by atoms with E-state index in [0.717, 1.165) is 37.9 Å². The number of fused-ring (bicyclic) bond motifs is 1. The minimum Gasteiger partial charge on any atom is -0.378 e. The van der Waals surface area contributed by atoms with Gasteiger partial charge in [-0.2, -0.15) is 0 Å². The van der Waals surface area contributed by atoms with Crippen LogP contribution in [0.3, 0.4) is 0 Å². The van der Waals surface area contributed by atoms with Gasteiger partial charge in [0.25, 0.3) is 5.91 Å². The third kappa shape index (κ3) is 2.19. The van der Waals surface area contributed by atoms with Crippen molar-refractivity contribution in [2.75, 3.05) is 6.61 Å². The van der Waals surface area contributed by atoms with E-state index in [0.29, 0.717) is 18.1 Å². The molecule has 2 aliphatic rings. The Morgan fingerprint density at radius 2 is 2.50 bits per heavy atom. The normalized spacial score (nSPS) is 29.7. The van der Waals surface area contributed by atoms with Crippen molar-refractivity contribution in [3.8, 4) is 0 Å². The highest BCUT2D eigenvalue weighted by atomic mass is 32.1. The first kappa shape index (κ1) is 12.2. The van der Waals surface area contributed by atoms with Crippen LogP contribution in [0, 0.1) is 5.92 Å². The Kier molecular flexibility index (Phi) is 3.39. The van der Waals surface area contributed by atoms with E-state index in [9.17, 15) is 4.79 Å². The molecular formula is C14H19NO2S. The lowest BCUT2D eigenvalue weighted by molar-refractivity contribution is 0.00810. The summed E-state index contributed by atoms with van der Waals surface area (Å²) in [5, 5.41) is 5.12. The monoisotopic (exact) mass is 265 g/mol. The summed E-state index contributed by atoms with van der Waals surface area (Å²) in [6, 6.07) is 2.37. The lowest BCUT2D eigenvalue weighted by atomic mass is 9.76. The van der Waals surface area contributed by atoms with Crippen LogP contribution in [-0.4, -0.2) is 24.7 Å². The highest BCUT2D eigenvalue weighted by Gasteiger charge is 2.45. The fourth-order valence-electron chi connectivity index (χ4n) is 2.89. The third-order valence-electron chi connectivity index (χ3n) is 3.99. The number of ether oxygens (including phenoxy) is 1. The van der Waals surface area contributed by atoms with Gasteiger partial charge in [-0.05, 0) is 25.3 Å². The summed E-state index contributed by atoms with van der Waals surface area (Å²) in [7, 11) is 0. The van der Waals surface area contributed by atoms with Gasteiger partial charge in [0, 0.05) is 28.8 Å². The Bertz CT molecular complexity index is 443. The largest absolute Gasteiger partial charge is 0.378 e. The predicted octanol–water partition coefficient (Wildman–Crippen LogP) is 2.61. The Hall–Kier alpha value is -0.870. The standard InChI is InChI=1S/C14H19NO2S/c1-2-3-10-6-9(8-18-10)14(16)15-12-7-13-11(12)4-5-17-13/h6,8,11-13H,2-5,7H2,1H3,(H,15,16)/t11-,12-,13+/m1/s1. The second-order valence-corrected chi connectivity index (χ2v) is 6.22. The first-order chi connectivity index (χ1) is 8.78. The van der Waals surface area contributed by atoms with Crippen molar-refractivity contribution in [2.24, 2.45) is 5.92 Å². The molecule has 0 spiro atoms. The first-order valence-electron chi connectivity index (χ1n) is 6.78. The molecule has 1 aliphatic heterocycles. The van der Waals surface area contributed by atoms with Crippen molar-refractivity contribution >= 4 is 17.2 Å². The average Bonchev–Trinajstić information content (AvgIpc) is 2.93. The van der Waals surface area contributed by atoms with E-state index < -0.39 is 0 Å². The molecule has 1 amide bonds. The van der Waals surface area contributed by atoms with Gasteiger partial charge in [-0.3, -0.25) is 4.79 Å². The number of aryl methyl sites for hydroxylation is 1. The van der Waals surface area contributed by atoms with Crippen molar-refractivity contribution < 1.29 is 9.53 Å². The van der Waals surface area contributed by atoms with Crippen LogP contribution in [0.15, 0.2) is 11.4 Å². The molecule has 18 heavy (non-hydrogen) atoms. The van der Waals surface area contributed by atoms with E-state index in [1.54, 1.807) is 11.3 Å². The highest BCUT2D eigenvalue weighted by Crippen LogP contribution is 2.38. The summed E-state index contributed by atoms with van der Waals surface area (Å²) in [5.74, 6) is 0.645. The summed E-state index contributed by atoms with van der Waals surface area (Å²) in [5.41, 5.74) is 0.825. The molecule has 1 aliphatic carbocycles. The molecule has 1 saturated heterocycles. The molecule has 3 atom stereocenters. The Balaban J connectivity index is 1.57. The second kappa shape index (κ2) is 5.02. The van der Waals surface area contributed by atoms with E-state index in [-0.39, 0.29) is 5.91 Å². The van der Waals surface area contributed by atoms with E-state index in [2.05, 4.69) is 12.2 Å². The van der Waals surface area contributed by atoms with Gasteiger partial charge >= 0.3 is 0 Å². The lowest BCUT2D eigenvalue weighted by Crippen LogP contribution is -2.53. The molecule has 98 valence electrons. The zero-order valence-electron chi connectivity index (χ0n) is 10.6. The van der Waals surface area contributed by atoms with Crippen molar-refractivity contribution in [1.82, 2.24) is 5.32 Å². The number of hydrogen-bond acceptors (Lipinski definition) is 3. The van der Waals surface area contributed by atoms with Crippen molar-refractivity contribution in [2.45, 2.75) is 44.8 Å². The van der Waals surface area contributed by atoms with Crippen LogP contribution in [0.4, 0.5) is 0 Å². The molecule has 0 aromatic carbocycles. The van der Waals surface area contributed by atoms with E-state index in [1.165, 1.54) is 4.88 Å². The van der Waals surface area contributed by atoms with Gasteiger partial charge < -0.3 is 10.1 Å². The number of thiophene rings is 1. The maximum Gasteiger partial charge on any atom is 0.252 e. The molecule has 2 heterocycles. The maximum atomic E-state index is 12.1. The maximum absolute atomic E-state index is 12.1. The molecule has 4 heteroatoms. The van der Waals surface area contributed by atoms with Gasteiger partial charge in [0.1, 0.15) is 0 Å². The van der Waals surface area contributed by atoms with Crippen LogP contribution in [0.25, 0.3) is 0 Å². The SMILES string of the molecule is CCCc1cc(C(=O)N[C@@H]2C[C@@H]3OCC[C@@H]32)cs1. The third-order valence-corrected chi connectivity index (χ3v) is 4.99. The molecule has 0 unspecified atom stereocenters. The molecule has 3 rings (SSSR count). The molecule has 3 nitrogen and oxygen atoms in total. The molecule has 0 radical (unpaired) electrons. The van der Waals surface area contributed by atoms with E-state index >= 15 is 0 Å². The Morgan fingerprint density at radius 1 is 1.61 bits per heavy atom. The van der Waals surface area contributed by atoms with Gasteiger partial charge in [-0.15, -0.1) is 11.3 Å². The number of amides is 1.